The van der Waals surface area contributed by atoms with Crippen LogP contribution in [0.15, 0.2) is 42.7 Å². The van der Waals surface area contributed by atoms with Gasteiger partial charge < -0.3 is 4.74 Å². The van der Waals surface area contributed by atoms with Crippen molar-refractivity contribution >= 4 is 5.97 Å². The Balaban J connectivity index is 2.64. The molecule has 0 atom stereocenters. The van der Waals surface area contributed by atoms with E-state index in [1.807, 2.05) is 0 Å². The molecule has 0 unspecified atom stereocenters. The summed E-state index contributed by atoms with van der Waals surface area (Å²) >= 11 is 0. The van der Waals surface area contributed by atoms with E-state index >= 15 is 0 Å². The molecule has 0 saturated carbocycles. The molecule has 2 rings (SSSR count). The van der Waals surface area contributed by atoms with E-state index in [1.54, 1.807) is 18.3 Å². The van der Waals surface area contributed by atoms with Crippen molar-refractivity contribution in [2.45, 2.75) is 0 Å². The zero-order chi connectivity index (χ0) is 12.3. The Kier molecular flexibility index (Phi) is 3.14. The molecule has 17 heavy (non-hydrogen) atoms. The zero-order valence-corrected chi connectivity index (χ0v) is 9.18. The molecule has 0 aliphatic carbocycles. The van der Waals surface area contributed by atoms with Gasteiger partial charge in [0.15, 0.2) is 0 Å². The lowest BCUT2D eigenvalue weighted by atomic mass is 10.0. The number of pyridine rings is 1. The predicted octanol–water partition coefficient (Wildman–Crippen LogP) is 2.67. The first-order chi connectivity index (χ1) is 8.24. The Morgan fingerprint density at radius 1 is 1.29 bits per heavy atom. The molecule has 1 aromatic heterocycles. The van der Waals surface area contributed by atoms with Crippen LogP contribution in [-0.4, -0.2) is 18.1 Å². The number of aromatic nitrogens is 1. The van der Waals surface area contributed by atoms with Gasteiger partial charge in [-0.05, 0) is 18.2 Å². The number of nitrogens with zero attached hydrogens (tertiary/aromatic N) is 1. The Labute approximate surface area is 97.9 Å². The highest BCUT2D eigenvalue weighted by molar-refractivity contribution is 5.97. The fourth-order valence-electron chi connectivity index (χ4n) is 1.61. The molecule has 0 fully saturated rings. The second kappa shape index (κ2) is 4.74. The van der Waals surface area contributed by atoms with E-state index in [2.05, 4.69) is 9.72 Å². The predicted molar refractivity (Wildman–Crippen MR) is 61.0 cm³/mol. The summed E-state index contributed by atoms with van der Waals surface area (Å²) in [5, 5.41) is 0. The second-order valence-electron chi connectivity index (χ2n) is 3.40. The molecule has 0 radical (unpaired) electrons. The first kappa shape index (κ1) is 11.3. The van der Waals surface area contributed by atoms with Crippen LogP contribution in [0, 0.1) is 5.82 Å². The summed E-state index contributed by atoms with van der Waals surface area (Å²) in [6.07, 6.45) is 3.09. The summed E-state index contributed by atoms with van der Waals surface area (Å²) in [5.41, 5.74) is 0.957. The van der Waals surface area contributed by atoms with Crippen molar-refractivity contribution in [1.82, 2.24) is 4.98 Å². The largest absolute Gasteiger partial charge is 0.465 e. The molecular weight excluding hydrogens is 221 g/mol. The molecule has 3 nitrogen and oxygen atoms in total. The fourth-order valence-corrected chi connectivity index (χ4v) is 1.61. The minimum atomic E-state index is -0.566. The number of methoxy groups -OCH3 is 1. The smallest absolute Gasteiger partial charge is 0.338 e. The highest BCUT2D eigenvalue weighted by atomic mass is 19.1. The van der Waals surface area contributed by atoms with Crippen molar-refractivity contribution in [2.24, 2.45) is 0 Å². The molecule has 0 saturated heterocycles. The minimum absolute atomic E-state index is 0.195. The van der Waals surface area contributed by atoms with Crippen molar-refractivity contribution in [2.75, 3.05) is 7.11 Å². The number of hydrogen-bond acceptors (Lipinski definition) is 3. The lowest BCUT2D eigenvalue weighted by Crippen LogP contribution is -2.05. The maximum Gasteiger partial charge on any atom is 0.338 e. The van der Waals surface area contributed by atoms with E-state index in [1.165, 1.54) is 31.5 Å². The van der Waals surface area contributed by atoms with Crippen LogP contribution in [0.4, 0.5) is 4.39 Å². The molecule has 4 heteroatoms. The van der Waals surface area contributed by atoms with Crippen molar-refractivity contribution in [3.05, 3.63) is 54.1 Å². The molecule has 0 aliphatic heterocycles. The number of carbonyl (C=O) groups excluding carboxylic acids is 1. The third-order valence-corrected chi connectivity index (χ3v) is 2.37. The topological polar surface area (TPSA) is 39.2 Å². The Morgan fingerprint density at radius 2 is 2.12 bits per heavy atom. The third-order valence-electron chi connectivity index (χ3n) is 2.37. The molecule has 0 N–H and O–H groups in total. The number of ether oxygens (including phenoxy) is 1. The molecule has 0 bridgehead atoms. The van der Waals surface area contributed by atoms with Crippen LogP contribution in [0.3, 0.4) is 0 Å². The van der Waals surface area contributed by atoms with Crippen molar-refractivity contribution in [3.63, 3.8) is 0 Å². The maximum absolute atomic E-state index is 13.8. The number of benzene rings is 1. The number of rotatable bonds is 2. The van der Waals surface area contributed by atoms with Gasteiger partial charge in [0, 0.05) is 23.5 Å². The van der Waals surface area contributed by atoms with E-state index in [9.17, 15) is 9.18 Å². The average molecular weight is 231 g/mol. The lowest BCUT2D eigenvalue weighted by molar-refractivity contribution is 0.0601. The quantitative estimate of drug-likeness (QED) is 0.746. The van der Waals surface area contributed by atoms with Gasteiger partial charge >= 0.3 is 5.97 Å². The van der Waals surface area contributed by atoms with Gasteiger partial charge in [0.1, 0.15) is 5.82 Å². The molecule has 0 amide bonds. The van der Waals surface area contributed by atoms with Gasteiger partial charge in [0.05, 0.1) is 12.7 Å². The van der Waals surface area contributed by atoms with Gasteiger partial charge in [-0.3, -0.25) is 4.98 Å². The van der Waals surface area contributed by atoms with Crippen LogP contribution in [0.5, 0.6) is 0 Å². The van der Waals surface area contributed by atoms with E-state index < -0.39 is 11.8 Å². The van der Waals surface area contributed by atoms with Gasteiger partial charge in [-0.1, -0.05) is 12.1 Å². The monoisotopic (exact) mass is 231 g/mol. The summed E-state index contributed by atoms with van der Waals surface area (Å²) in [4.78, 5) is 15.5. The third kappa shape index (κ3) is 2.15. The van der Waals surface area contributed by atoms with Crippen LogP contribution in [-0.2, 0) is 4.74 Å². The van der Waals surface area contributed by atoms with Gasteiger partial charge in [0.2, 0.25) is 0 Å². The zero-order valence-electron chi connectivity index (χ0n) is 9.18. The van der Waals surface area contributed by atoms with Crippen molar-refractivity contribution < 1.29 is 13.9 Å². The normalized spacial score (nSPS) is 10.0. The van der Waals surface area contributed by atoms with Gasteiger partial charge in [0.25, 0.3) is 0 Å². The number of halogens is 1. The molecule has 1 heterocycles. The maximum atomic E-state index is 13.8. The highest BCUT2D eigenvalue weighted by Gasteiger charge is 2.16. The first-order valence-corrected chi connectivity index (χ1v) is 5.01. The first-order valence-electron chi connectivity index (χ1n) is 5.01. The van der Waals surface area contributed by atoms with Crippen molar-refractivity contribution in [1.29, 1.82) is 0 Å². The van der Waals surface area contributed by atoms with E-state index in [0.29, 0.717) is 5.56 Å². The number of hydrogen-bond donors (Lipinski definition) is 0. The molecule has 86 valence electrons. The number of carbonyl (C=O) groups is 1. The summed E-state index contributed by atoms with van der Waals surface area (Å²) in [6, 6.07) is 7.67. The molecule has 0 spiro atoms. The summed E-state index contributed by atoms with van der Waals surface area (Å²) in [7, 11) is 1.26. The summed E-state index contributed by atoms with van der Waals surface area (Å²) < 4.78 is 18.4. The lowest BCUT2D eigenvalue weighted by Gasteiger charge is -2.08. The van der Waals surface area contributed by atoms with Crippen LogP contribution in [0.2, 0.25) is 0 Å². The highest BCUT2D eigenvalue weighted by Crippen LogP contribution is 2.26. The van der Waals surface area contributed by atoms with Crippen molar-refractivity contribution in [3.8, 4) is 11.1 Å². The van der Waals surface area contributed by atoms with Gasteiger partial charge in [-0.2, -0.15) is 0 Å². The van der Waals surface area contributed by atoms with Crippen LogP contribution in [0.25, 0.3) is 11.1 Å². The van der Waals surface area contributed by atoms with Gasteiger partial charge in [-0.15, -0.1) is 0 Å². The molecule has 2 aromatic rings. The van der Waals surface area contributed by atoms with E-state index in [0.717, 1.165) is 0 Å². The fraction of sp³-hybridized carbons (Fsp3) is 0.0769. The van der Waals surface area contributed by atoms with Crippen LogP contribution in [0.1, 0.15) is 10.4 Å². The number of esters is 1. The van der Waals surface area contributed by atoms with E-state index in [4.69, 9.17) is 0 Å². The van der Waals surface area contributed by atoms with Crippen LogP contribution < -0.4 is 0 Å². The summed E-state index contributed by atoms with van der Waals surface area (Å²) in [5.74, 6) is -1.04. The SMILES string of the molecule is COC(=O)c1cccc(F)c1-c1cccnc1. The van der Waals surface area contributed by atoms with E-state index in [-0.39, 0.29) is 11.1 Å². The molecular formula is C13H10FNO2. The summed E-state index contributed by atoms with van der Waals surface area (Å²) in [6.45, 7) is 0. The minimum Gasteiger partial charge on any atom is -0.465 e. The second-order valence-corrected chi connectivity index (χ2v) is 3.40. The molecule has 1 aromatic carbocycles. The Morgan fingerprint density at radius 3 is 2.76 bits per heavy atom. The Bertz CT molecular complexity index is 540. The average Bonchev–Trinajstić information content (AvgIpc) is 2.38. The van der Waals surface area contributed by atoms with Crippen LogP contribution >= 0.6 is 0 Å². The van der Waals surface area contributed by atoms with Gasteiger partial charge in [-0.25, -0.2) is 9.18 Å². The molecule has 0 aliphatic rings. The standard InChI is InChI=1S/C13H10FNO2/c1-17-13(16)10-5-2-6-11(14)12(10)9-4-3-7-15-8-9/h2-8H,1H3. The Hall–Kier alpha value is -2.23.